The maximum Gasteiger partial charge on any atom is 0.251 e. The molecule has 1 saturated heterocycles. The molecular formula is C27H37FN6O2. The maximum atomic E-state index is 13.2. The Morgan fingerprint density at radius 3 is 2.47 bits per heavy atom. The van der Waals surface area contributed by atoms with Gasteiger partial charge >= 0.3 is 0 Å². The second kappa shape index (κ2) is 12.3. The Morgan fingerprint density at radius 2 is 1.83 bits per heavy atom. The van der Waals surface area contributed by atoms with E-state index in [9.17, 15) is 14.0 Å². The molecule has 194 valence electrons. The zero-order chi connectivity index (χ0) is 25.5. The van der Waals surface area contributed by atoms with Crippen molar-refractivity contribution >= 4 is 17.6 Å². The molecule has 1 aromatic carbocycles. The van der Waals surface area contributed by atoms with E-state index in [1.807, 2.05) is 11.8 Å². The van der Waals surface area contributed by atoms with E-state index < -0.39 is 6.67 Å². The average Bonchev–Trinajstić information content (AvgIpc) is 3.30. The second-order valence-corrected chi connectivity index (χ2v) is 9.92. The Hall–Kier alpha value is -3.04. The lowest BCUT2D eigenvalue weighted by Gasteiger charge is -2.32. The lowest BCUT2D eigenvalue weighted by Crippen LogP contribution is -2.50. The first-order chi connectivity index (χ1) is 17.4. The van der Waals surface area contributed by atoms with E-state index >= 15 is 0 Å². The summed E-state index contributed by atoms with van der Waals surface area (Å²) in [5, 5.41) is 9.74. The van der Waals surface area contributed by atoms with Crippen LogP contribution in [0.5, 0.6) is 0 Å². The van der Waals surface area contributed by atoms with E-state index in [-0.39, 0.29) is 29.9 Å². The van der Waals surface area contributed by atoms with Crippen molar-refractivity contribution in [2.24, 2.45) is 0 Å². The first-order valence-electron chi connectivity index (χ1n) is 12.8. The molecule has 8 nitrogen and oxygen atoms in total. The van der Waals surface area contributed by atoms with Crippen LogP contribution in [0.2, 0.25) is 0 Å². The van der Waals surface area contributed by atoms with E-state index in [4.69, 9.17) is 0 Å². The Bertz CT molecular complexity index is 1020. The number of nitrogens with one attached hydrogen (secondary N) is 3. The Kier molecular flexibility index (Phi) is 8.88. The highest BCUT2D eigenvalue weighted by atomic mass is 19.1. The van der Waals surface area contributed by atoms with E-state index in [1.165, 1.54) is 11.1 Å². The number of nitrogens with zero attached hydrogens (tertiary/aromatic N) is 3. The molecule has 2 aliphatic rings. The van der Waals surface area contributed by atoms with E-state index in [2.05, 4.69) is 50.1 Å². The molecule has 0 radical (unpaired) electrons. The smallest absolute Gasteiger partial charge is 0.251 e. The van der Waals surface area contributed by atoms with E-state index in [0.717, 1.165) is 39.0 Å². The zero-order valence-electron chi connectivity index (χ0n) is 21.2. The van der Waals surface area contributed by atoms with Crippen molar-refractivity contribution in [3.63, 3.8) is 0 Å². The summed E-state index contributed by atoms with van der Waals surface area (Å²) in [4.78, 5) is 33.0. The second-order valence-electron chi connectivity index (χ2n) is 9.92. The Labute approximate surface area is 212 Å². The van der Waals surface area contributed by atoms with Crippen LogP contribution < -0.4 is 16.0 Å². The average molecular weight is 497 g/mol. The van der Waals surface area contributed by atoms with Crippen molar-refractivity contribution in [1.82, 2.24) is 25.4 Å². The molecule has 2 atom stereocenters. The van der Waals surface area contributed by atoms with Gasteiger partial charge in [-0.2, -0.15) is 0 Å². The van der Waals surface area contributed by atoms with Gasteiger partial charge in [-0.05, 0) is 43.0 Å². The number of aromatic nitrogens is 1. The van der Waals surface area contributed by atoms with Gasteiger partial charge in [-0.3, -0.25) is 14.5 Å². The SMILES string of the molecule is CC(=O)N1CCC(Nc2cc(C(=O)NC[C@@H](CN3Cc4ccccc4C3)NC(C)CF)ccn2)CC1. The molecule has 4 rings (SSSR count). The van der Waals surface area contributed by atoms with Crippen LogP contribution in [0, 0.1) is 0 Å². The van der Waals surface area contributed by atoms with Crippen molar-refractivity contribution in [1.29, 1.82) is 0 Å². The number of anilines is 1. The number of pyridine rings is 1. The normalized spacial score (nSPS) is 17.9. The number of likely N-dealkylation sites (tertiary alicyclic amines) is 1. The van der Waals surface area contributed by atoms with Gasteiger partial charge in [0, 0.05) is 76.1 Å². The third kappa shape index (κ3) is 7.01. The number of benzene rings is 1. The molecule has 1 aromatic heterocycles. The van der Waals surface area contributed by atoms with Gasteiger partial charge in [-0.15, -0.1) is 0 Å². The highest BCUT2D eigenvalue weighted by Crippen LogP contribution is 2.22. The third-order valence-electron chi connectivity index (χ3n) is 6.96. The summed E-state index contributed by atoms with van der Waals surface area (Å²) < 4.78 is 13.2. The van der Waals surface area contributed by atoms with Gasteiger partial charge in [-0.25, -0.2) is 9.37 Å². The van der Waals surface area contributed by atoms with Gasteiger partial charge < -0.3 is 20.9 Å². The Morgan fingerprint density at radius 1 is 1.14 bits per heavy atom. The number of halogens is 1. The van der Waals surface area contributed by atoms with E-state index in [1.54, 1.807) is 25.3 Å². The number of rotatable bonds is 10. The number of carbonyl (C=O) groups is 2. The standard InChI is InChI=1S/C27H37FN6O2/c1-19(14-28)31-25(18-33-16-22-5-3-4-6-23(22)17-33)15-30-27(36)21-7-10-29-26(13-21)32-24-8-11-34(12-9-24)20(2)35/h3-7,10,13,19,24-25,31H,8-9,11-12,14-18H2,1-2H3,(H,29,32)(H,30,36)/t19?,25-/m0/s1. The summed E-state index contributed by atoms with van der Waals surface area (Å²) in [5.41, 5.74) is 3.17. The molecule has 2 aliphatic heterocycles. The molecule has 9 heteroatoms. The van der Waals surface area contributed by atoms with Crippen molar-refractivity contribution in [3.8, 4) is 0 Å². The van der Waals surface area contributed by atoms with Crippen LogP contribution >= 0.6 is 0 Å². The van der Waals surface area contributed by atoms with Gasteiger partial charge in [0.2, 0.25) is 5.91 Å². The minimum atomic E-state index is -0.463. The van der Waals surface area contributed by atoms with Gasteiger partial charge in [0.15, 0.2) is 0 Å². The lowest BCUT2D eigenvalue weighted by molar-refractivity contribution is -0.129. The van der Waals surface area contributed by atoms with Gasteiger partial charge in [0.1, 0.15) is 12.5 Å². The van der Waals surface area contributed by atoms with Crippen molar-refractivity contribution in [2.75, 3.05) is 38.2 Å². The predicted octanol–water partition coefficient (Wildman–Crippen LogP) is 2.57. The van der Waals surface area contributed by atoms with Crippen molar-refractivity contribution in [2.45, 2.75) is 57.9 Å². The fraction of sp³-hybridized carbons (Fsp3) is 0.519. The van der Waals surface area contributed by atoms with Crippen LogP contribution in [0.3, 0.4) is 0 Å². The van der Waals surface area contributed by atoms with Crippen molar-refractivity contribution in [3.05, 3.63) is 59.3 Å². The minimum Gasteiger partial charge on any atom is -0.367 e. The fourth-order valence-corrected chi connectivity index (χ4v) is 4.98. The molecule has 1 unspecified atom stereocenters. The highest BCUT2D eigenvalue weighted by Gasteiger charge is 2.24. The maximum absolute atomic E-state index is 13.2. The minimum absolute atomic E-state index is 0.0834. The van der Waals surface area contributed by atoms with Crippen LogP contribution in [0.15, 0.2) is 42.6 Å². The van der Waals surface area contributed by atoms with Crippen LogP contribution in [0.1, 0.15) is 48.2 Å². The summed E-state index contributed by atoms with van der Waals surface area (Å²) in [7, 11) is 0. The van der Waals surface area contributed by atoms with E-state index in [0.29, 0.717) is 24.5 Å². The largest absolute Gasteiger partial charge is 0.367 e. The molecule has 1 fully saturated rings. The van der Waals surface area contributed by atoms with Gasteiger partial charge in [0.25, 0.3) is 5.91 Å². The molecule has 0 aliphatic carbocycles. The summed E-state index contributed by atoms with van der Waals surface area (Å²) in [6, 6.07) is 11.7. The highest BCUT2D eigenvalue weighted by molar-refractivity contribution is 5.94. The lowest BCUT2D eigenvalue weighted by atomic mass is 10.0. The molecule has 36 heavy (non-hydrogen) atoms. The number of hydrogen-bond donors (Lipinski definition) is 3. The number of hydrogen-bond acceptors (Lipinski definition) is 6. The molecule has 0 saturated carbocycles. The number of alkyl halides is 1. The first kappa shape index (κ1) is 26.0. The molecule has 2 aromatic rings. The number of fused-ring (bicyclic) bond motifs is 1. The molecule has 3 heterocycles. The summed E-state index contributed by atoms with van der Waals surface area (Å²) in [6.07, 6.45) is 3.32. The molecule has 2 amide bonds. The quantitative estimate of drug-likeness (QED) is 0.469. The van der Waals surface area contributed by atoms with Crippen LogP contribution in [0.4, 0.5) is 10.2 Å². The zero-order valence-corrected chi connectivity index (χ0v) is 21.2. The topological polar surface area (TPSA) is 89.6 Å². The van der Waals surface area contributed by atoms with Crippen LogP contribution in [0.25, 0.3) is 0 Å². The summed E-state index contributed by atoms with van der Waals surface area (Å²) in [5.74, 6) is 0.573. The molecule has 0 bridgehead atoms. The predicted molar refractivity (Wildman–Crippen MR) is 138 cm³/mol. The summed E-state index contributed by atoms with van der Waals surface area (Å²) >= 11 is 0. The number of amides is 2. The van der Waals surface area contributed by atoms with Gasteiger partial charge in [0.05, 0.1) is 0 Å². The third-order valence-corrected chi connectivity index (χ3v) is 6.96. The van der Waals surface area contributed by atoms with Crippen LogP contribution in [-0.2, 0) is 17.9 Å². The summed E-state index contributed by atoms with van der Waals surface area (Å²) in [6.45, 7) is 7.21. The molecule has 0 spiro atoms. The van der Waals surface area contributed by atoms with Crippen molar-refractivity contribution < 1.29 is 14.0 Å². The molecular weight excluding hydrogens is 459 g/mol. The fourth-order valence-electron chi connectivity index (χ4n) is 4.98. The first-order valence-corrected chi connectivity index (χ1v) is 12.8. The number of carbonyl (C=O) groups excluding carboxylic acids is 2. The van der Waals surface area contributed by atoms with Gasteiger partial charge in [-0.1, -0.05) is 24.3 Å². The Balaban J connectivity index is 1.31. The van der Waals surface area contributed by atoms with Crippen LogP contribution in [-0.4, -0.2) is 77.6 Å². The molecule has 3 N–H and O–H groups in total. The monoisotopic (exact) mass is 496 g/mol. The number of piperidine rings is 1.